The van der Waals surface area contributed by atoms with Gasteiger partial charge in [-0.2, -0.15) is 4.98 Å². The van der Waals surface area contributed by atoms with Crippen LogP contribution in [0.4, 0.5) is 5.82 Å². The van der Waals surface area contributed by atoms with Crippen molar-refractivity contribution < 1.29 is 14.6 Å². The minimum Gasteiger partial charge on any atom is -0.493 e. The molecule has 0 spiro atoms. The lowest BCUT2D eigenvalue weighted by molar-refractivity contribution is 0.266. The Kier molecular flexibility index (Phi) is 4.22. The molecule has 1 atom stereocenters. The van der Waals surface area contributed by atoms with Gasteiger partial charge in [-0.25, -0.2) is 4.98 Å². The van der Waals surface area contributed by atoms with Crippen molar-refractivity contribution in [3.8, 4) is 11.5 Å². The van der Waals surface area contributed by atoms with Crippen LogP contribution in [0.5, 0.6) is 11.5 Å². The molecule has 1 aromatic heterocycles. The summed E-state index contributed by atoms with van der Waals surface area (Å²) in [5, 5.41) is 10.6. The third-order valence-electron chi connectivity index (χ3n) is 4.01. The molecule has 7 heteroatoms. The molecular weight excluding hydrogens is 306 g/mol. The molecule has 1 aliphatic rings. The number of rotatable bonds is 4. The lowest BCUT2D eigenvalue weighted by Gasteiger charge is -2.25. The van der Waals surface area contributed by atoms with E-state index in [1.807, 2.05) is 6.07 Å². The smallest absolute Gasteiger partial charge is 0.224 e. The zero-order valence-electron chi connectivity index (χ0n) is 12.5. The molecule has 1 N–H and O–H groups in total. The second-order valence-corrected chi connectivity index (χ2v) is 5.55. The highest BCUT2D eigenvalue weighted by Crippen LogP contribution is 2.37. The van der Waals surface area contributed by atoms with Crippen LogP contribution in [-0.4, -0.2) is 48.5 Å². The predicted octanol–water partition coefficient (Wildman–Crippen LogP) is 2.26. The Labute approximate surface area is 133 Å². The molecule has 3 rings (SSSR count). The average Bonchev–Trinajstić information content (AvgIpc) is 3.01. The number of aliphatic hydroxyl groups excluding tert-OH is 1. The lowest BCUT2D eigenvalue weighted by atomic mass is 10.2. The first-order valence-corrected chi connectivity index (χ1v) is 7.52. The monoisotopic (exact) mass is 323 g/mol. The maximum Gasteiger partial charge on any atom is 0.224 e. The molecule has 0 amide bonds. The van der Waals surface area contributed by atoms with E-state index in [4.69, 9.17) is 21.1 Å². The first kappa shape index (κ1) is 15.1. The van der Waals surface area contributed by atoms with Crippen molar-refractivity contribution in [2.45, 2.75) is 18.9 Å². The number of nitrogens with zero attached hydrogens (tertiary/aromatic N) is 3. The van der Waals surface area contributed by atoms with Crippen molar-refractivity contribution in [2.75, 3.05) is 32.3 Å². The number of ether oxygens (including phenoxy) is 2. The van der Waals surface area contributed by atoms with E-state index < -0.39 is 0 Å². The number of methoxy groups -OCH3 is 2. The largest absolute Gasteiger partial charge is 0.493 e. The normalized spacial score (nSPS) is 18.0. The van der Waals surface area contributed by atoms with Crippen LogP contribution in [0, 0.1) is 0 Å². The van der Waals surface area contributed by atoms with Gasteiger partial charge in [0.2, 0.25) is 5.28 Å². The fourth-order valence-electron chi connectivity index (χ4n) is 2.94. The van der Waals surface area contributed by atoms with Crippen molar-refractivity contribution in [3.05, 3.63) is 17.4 Å². The van der Waals surface area contributed by atoms with Gasteiger partial charge in [-0.05, 0) is 30.5 Å². The van der Waals surface area contributed by atoms with Crippen molar-refractivity contribution in [3.63, 3.8) is 0 Å². The standard InChI is InChI=1S/C15H18ClN3O3/c1-21-12-6-10-11(7-13(12)22-2)17-15(16)18-14(10)19-5-3-4-9(19)8-20/h6-7,9,20H,3-5,8H2,1-2H3. The molecule has 1 aromatic carbocycles. The highest BCUT2D eigenvalue weighted by Gasteiger charge is 2.27. The predicted molar refractivity (Wildman–Crippen MR) is 85.1 cm³/mol. The van der Waals surface area contributed by atoms with E-state index in [0.717, 1.165) is 30.6 Å². The third-order valence-corrected chi connectivity index (χ3v) is 4.18. The van der Waals surface area contributed by atoms with E-state index in [9.17, 15) is 5.11 Å². The summed E-state index contributed by atoms with van der Waals surface area (Å²) in [5.41, 5.74) is 0.691. The Balaban J connectivity index is 2.20. The third kappa shape index (κ3) is 2.53. The molecule has 1 saturated heterocycles. The SMILES string of the molecule is COc1cc2nc(Cl)nc(N3CCCC3CO)c2cc1OC. The van der Waals surface area contributed by atoms with Crippen molar-refractivity contribution in [1.29, 1.82) is 0 Å². The lowest BCUT2D eigenvalue weighted by Crippen LogP contribution is -2.33. The van der Waals surface area contributed by atoms with E-state index in [1.165, 1.54) is 0 Å². The Morgan fingerprint density at radius 3 is 2.68 bits per heavy atom. The fraction of sp³-hybridized carbons (Fsp3) is 0.467. The zero-order chi connectivity index (χ0) is 15.7. The van der Waals surface area contributed by atoms with Crippen LogP contribution in [0.1, 0.15) is 12.8 Å². The van der Waals surface area contributed by atoms with Crippen LogP contribution < -0.4 is 14.4 Å². The number of aliphatic hydroxyl groups is 1. The molecule has 0 bridgehead atoms. The molecule has 0 saturated carbocycles. The van der Waals surface area contributed by atoms with Gasteiger partial charge in [0.25, 0.3) is 0 Å². The zero-order valence-corrected chi connectivity index (χ0v) is 13.3. The van der Waals surface area contributed by atoms with Crippen LogP contribution in [-0.2, 0) is 0 Å². The molecule has 1 fully saturated rings. The van der Waals surface area contributed by atoms with Crippen LogP contribution in [0.25, 0.3) is 10.9 Å². The van der Waals surface area contributed by atoms with Gasteiger partial charge in [0.05, 0.1) is 32.4 Å². The highest BCUT2D eigenvalue weighted by atomic mass is 35.5. The molecule has 0 aliphatic carbocycles. The van der Waals surface area contributed by atoms with Crippen LogP contribution >= 0.6 is 11.6 Å². The minimum atomic E-state index is 0.0577. The maximum atomic E-state index is 9.56. The second kappa shape index (κ2) is 6.14. The van der Waals surface area contributed by atoms with Gasteiger partial charge in [-0.1, -0.05) is 0 Å². The highest BCUT2D eigenvalue weighted by molar-refractivity contribution is 6.28. The summed E-state index contributed by atoms with van der Waals surface area (Å²) in [7, 11) is 3.17. The van der Waals surface area contributed by atoms with Gasteiger partial charge in [-0.3, -0.25) is 0 Å². The average molecular weight is 324 g/mol. The Morgan fingerprint density at radius 1 is 1.27 bits per heavy atom. The van der Waals surface area contributed by atoms with Gasteiger partial charge in [0.15, 0.2) is 11.5 Å². The van der Waals surface area contributed by atoms with Crippen molar-refractivity contribution in [2.24, 2.45) is 0 Å². The van der Waals surface area contributed by atoms with Gasteiger partial charge in [-0.15, -0.1) is 0 Å². The first-order chi connectivity index (χ1) is 10.7. The van der Waals surface area contributed by atoms with E-state index in [2.05, 4.69) is 14.9 Å². The van der Waals surface area contributed by atoms with Crippen LogP contribution in [0.2, 0.25) is 5.28 Å². The molecule has 2 heterocycles. The molecule has 118 valence electrons. The number of hydrogen-bond acceptors (Lipinski definition) is 6. The molecule has 1 aliphatic heterocycles. The minimum absolute atomic E-state index is 0.0577. The molecule has 0 radical (unpaired) electrons. The van der Waals surface area contributed by atoms with Crippen molar-refractivity contribution in [1.82, 2.24) is 9.97 Å². The number of aromatic nitrogens is 2. The summed E-state index contributed by atoms with van der Waals surface area (Å²) in [5.74, 6) is 1.94. The summed E-state index contributed by atoms with van der Waals surface area (Å²) in [6.45, 7) is 0.929. The summed E-state index contributed by atoms with van der Waals surface area (Å²) in [6.07, 6.45) is 1.95. The first-order valence-electron chi connectivity index (χ1n) is 7.14. The fourth-order valence-corrected chi connectivity index (χ4v) is 3.11. The molecule has 2 aromatic rings. The van der Waals surface area contributed by atoms with Gasteiger partial charge >= 0.3 is 0 Å². The van der Waals surface area contributed by atoms with Gasteiger partial charge in [0, 0.05) is 18.0 Å². The summed E-state index contributed by atoms with van der Waals surface area (Å²) in [4.78, 5) is 10.7. The second-order valence-electron chi connectivity index (χ2n) is 5.21. The number of anilines is 1. The van der Waals surface area contributed by atoms with E-state index in [1.54, 1.807) is 20.3 Å². The van der Waals surface area contributed by atoms with Crippen LogP contribution in [0.15, 0.2) is 12.1 Å². The van der Waals surface area contributed by atoms with Gasteiger partial charge < -0.3 is 19.5 Å². The molecule has 22 heavy (non-hydrogen) atoms. The quantitative estimate of drug-likeness (QED) is 0.871. The topological polar surface area (TPSA) is 67.7 Å². The van der Waals surface area contributed by atoms with E-state index >= 15 is 0 Å². The summed E-state index contributed by atoms with van der Waals surface area (Å²) >= 11 is 6.08. The number of fused-ring (bicyclic) bond motifs is 1. The Bertz CT molecular complexity index is 695. The Hall–Kier alpha value is -1.79. The van der Waals surface area contributed by atoms with Crippen LogP contribution in [0.3, 0.4) is 0 Å². The van der Waals surface area contributed by atoms with E-state index in [0.29, 0.717) is 17.0 Å². The molecule has 6 nitrogen and oxygen atoms in total. The summed E-state index contributed by atoms with van der Waals surface area (Å²) in [6, 6.07) is 3.70. The molecule has 1 unspecified atom stereocenters. The number of benzene rings is 1. The van der Waals surface area contributed by atoms with Gasteiger partial charge in [0.1, 0.15) is 5.82 Å². The summed E-state index contributed by atoms with van der Waals surface area (Å²) < 4.78 is 10.7. The maximum absolute atomic E-state index is 9.56. The molecular formula is C15H18ClN3O3. The number of hydrogen-bond donors (Lipinski definition) is 1. The van der Waals surface area contributed by atoms with E-state index in [-0.39, 0.29) is 17.9 Å². The number of halogens is 1. The Morgan fingerprint density at radius 2 is 2.00 bits per heavy atom. The van der Waals surface area contributed by atoms with Crippen molar-refractivity contribution >= 4 is 28.3 Å².